The van der Waals surface area contributed by atoms with Crippen LogP contribution in [0, 0.1) is 5.92 Å². The number of carboxylic acids is 1. The number of halogens is 1. The molecule has 0 spiro atoms. The van der Waals surface area contributed by atoms with E-state index < -0.39 is 5.97 Å². The van der Waals surface area contributed by atoms with Crippen LogP contribution in [0.2, 0.25) is 0 Å². The van der Waals surface area contributed by atoms with E-state index in [4.69, 9.17) is 5.11 Å². The van der Waals surface area contributed by atoms with Gasteiger partial charge in [0.15, 0.2) is 0 Å². The predicted octanol–water partition coefficient (Wildman–Crippen LogP) is 1.84. The van der Waals surface area contributed by atoms with Gasteiger partial charge in [-0.05, 0) is 11.6 Å². The molecule has 80 valence electrons. The molecule has 3 nitrogen and oxygen atoms in total. The molecule has 2 N–H and O–H groups in total. The van der Waals surface area contributed by atoms with Crippen LogP contribution in [0.5, 0.6) is 0 Å². The molecule has 0 aliphatic carbocycles. The zero-order valence-electron chi connectivity index (χ0n) is 8.11. The average molecular weight is 270 g/mol. The summed E-state index contributed by atoms with van der Waals surface area (Å²) in [5, 5.41) is 12.2. The lowest BCUT2D eigenvalue weighted by molar-refractivity contribution is -0.141. The molecule has 0 saturated carbocycles. The van der Waals surface area contributed by atoms with Crippen molar-refractivity contribution in [2.24, 2.45) is 5.92 Å². The monoisotopic (exact) mass is 269 g/mol. The van der Waals surface area contributed by atoms with Gasteiger partial charge in [-0.2, -0.15) is 0 Å². The SMILES string of the molecule is O=C(O)C1CNCC1c1ccccc1Br. The van der Waals surface area contributed by atoms with Crippen molar-refractivity contribution in [1.29, 1.82) is 0 Å². The van der Waals surface area contributed by atoms with Crippen LogP contribution in [0.25, 0.3) is 0 Å². The zero-order chi connectivity index (χ0) is 10.8. The Labute approximate surface area is 96.6 Å². The van der Waals surface area contributed by atoms with Crippen molar-refractivity contribution < 1.29 is 9.90 Å². The number of hydrogen-bond acceptors (Lipinski definition) is 2. The van der Waals surface area contributed by atoms with Crippen LogP contribution < -0.4 is 5.32 Å². The fourth-order valence-corrected chi connectivity index (χ4v) is 2.62. The smallest absolute Gasteiger partial charge is 0.308 e. The highest BCUT2D eigenvalue weighted by molar-refractivity contribution is 9.10. The quantitative estimate of drug-likeness (QED) is 0.862. The summed E-state index contributed by atoms with van der Waals surface area (Å²) in [4.78, 5) is 11.0. The van der Waals surface area contributed by atoms with Gasteiger partial charge in [0.1, 0.15) is 0 Å². The van der Waals surface area contributed by atoms with Gasteiger partial charge in [-0.3, -0.25) is 4.79 Å². The summed E-state index contributed by atoms with van der Waals surface area (Å²) < 4.78 is 0.991. The number of aliphatic carboxylic acids is 1. The Hall–Kier alpha value is -0.870. The molecule has 1 heterocycles. The average Bonchev–Trinajstić information content (AvgIpc) is 2.67. The van der Waals surface area contributed by atoms with Gasteiger partial charge in [0.2, 0.25) is 0 Å². The van der Waals surface area contributed by atoms with Crippen LogP contribution in [0.3, 0.4) is 0 Å². The molecule has 1 fully saturated rings. The Morgan fingerprint density at radius 2 is 2.13 bits per heavy atom. The Bertz CT molecular complexity index is 381. The highest BCUT2D eigenvalue weighted by atomic mass is 79.9. The normalized spacial score (nSPS) is 25.4. The number of benzene rings is 1. The second-order valence-corrected chi connectivity index (χ2v) is 4.59. The molecule has 0 aromatic heterocycles. The molecule has 1 saturated heterocycles. The standard InChI is InChI=1S/C11H12BrNO2/c12-10-4-2-1-3-7(10)8-5-13-6-9(8)11(14)15/h1-4,8-9,13H,5-6H2,(H,14,15). The van der Waals surface area contributed by atoms with Crippen LogP contribution in [0.15, 0.2) is 28.7 Å². The van der Waals surface area contributed by atoms with Gasteiger partial charge in [-0.15, -0.1) is 0 Å². The van der Waals surface area contributed by atoms with Crippen molar-refractivity contribution in [3.8, 4) is 0 Å². The minimum Gasteiger partial charge on any atom is -0.481 e. The van der Waals surface area contributed by atoms with Gasteiger partial charge in [0, 0.05) is 23.5 Å². The molecule has 4 heteroatoms. The molecule has 1 aromatic carbocycles. The molecule has 2 rings (SSSR count). The van der Waals surface area contributed by atoms with Gasteiger partial charge in [-0.25, -0.2) is 0 Å². The second-order valence-electron chi connectivity index (χ2n) is 3.73. The molecule has 2 atom stereocenters. The third-order valence-corrected chi connectivity index (χ3v) is 3.56. The molecule has 0 bridgehead atoms. The first-order chi connectivity index (χ1) is 7.20. The molecule has 0 amide bonds. The van der Waals surface area contributed by atoms with Crippen LogP contribution in [0.4, 0.5) is 0 Å². The Morgan fingerprint density at radius 3 is 2.80 bits per heavy atom. The Balaban J connectivity index is 2.30. The largest absolute Gasteiger partial charge is 0.481 e. The van der Waals surface area contributed by atoms with E-state index in [-0.39, 0.29) is 11.8 Å². The first-order valence-corrected chi connectivity index (χ1v) is 5.67. The van der Waals surface area contributed by atoms with Crippen molar-refractivity contribution in [3.05, 3.63) is 34.3 Å². The van der Waals surface area contributed by atoms with Gasteiger partial charge in [0.25, 0.3) is 0 Å². The van der Waals surface area contributed by atoms with Crippen LogP contribution in [0.1, 0.15) is 11.5 Å². The maximum Gasteiger partial charge on any atom is 0.308 e. The minimum absolute atomic E-state index is 0.0677. The maximum atomic E-state index is 11.0. The van der Waals surface area contributed by atoms with Gasteiger partial charge in [-0.1, -0.05) is 34.1 Å². The molecule has 15 heavy (non-hydrogen) atoms. The topological polar surface area (TPSA) is 49.3 Å². The van der Waals surface area contributed by atoms with E-state index in [1.165, 1.54) is 0 Å². The Kier molecular flexibility index (Phi) is 3.07. The fraction of sp³-hybridized carbons (Fsp3) is 0.364. The third-order valence-electron chi connectivity index (χ3n) is 2.84. The lowest BCUT2D eigenvalue weighted by atomic mass is 9.89. The first-order valence-electron chi connectivity index (χ1n) is 4.88. The van der Waals surface area contributed by atoms with Crippen molar-refractivity contribution in [2.45, 2.75) is 5.92 Å². The number of rotatable bonds is 2. The highest BCUT2D eigenvalue weighted by Gasteiger charge is 2.34. The first kappa shape index (κ1) is 10.6. The van der Waals surface area contributed by atoms with Crippen LogP contribution in [-0.4, -0.2) is 24.2 Å². The lowest BCUT2D eigenvalue weighted by Crippen LogP contribution is -2.21. The Morgan fingerprint density at radius 1 is 1.40 bits per heavy atom. The molecular formula is C11H12BrNO2. The van der Waals surface area contributed by atoms with Gasteiger partial charge >= 0.3 is 5.97 Å². The van der Waals surface area contributed by atoms with Crippen molar-refractivity contribution in [3.63, 3.8) is 0 Å². The van der Waals surface area contributed by atoms with E-state index in [0.29, 0.717) is 6.54 Å². The predicted molar refractivity (Wildman–Crippen MR) is 60.9 cm³/mol. The van der Waals surface area contributed by atoms with E-state index in [1.54, 1.807) is 0 Å². The van der Waals surface area contributed by atoms with Crippen LogP contribution in [-0.2, 0) is 4.79 Å². The van der Waals surface area contributed by atoms with E-state index in [2.05, 4.69) is 21.2 Å². The van der Waals surface area contributed by atoms with Crippen molar-refractivity contribution in [1.82, 2.24) is 5.32 Å². The second kappa shape index (κ2) is 4.33. The third kappa shape index (κ3) is 2.06. The molecule has 0 radical (unpaired) electrons. The van der Waals surface area contributed by atoms with Gasteiger partial charge in [0.05, 0.1) is 5.92 Å². The minimum atomic E-state index is -0.722. The molecule has 2 unspecified atom stereocenters. The lowest BCUT2D eigenvalue weighted by Gasteiger charge is -2.16. The summed E-state index contributed by atoms with van der Waals surface area (Å²) in [5.41, 5.74) is 1.08. The molecule has 1 aliphatic heterocycles. The molecular weight excluding hydrogens is 258 g/mol. The number of carbonyl (C=O) groups is 1. The van der Waals surface area contributed by atoms with Crippen LogP contribution >= 0.6 is 15.9 Å². The number of hydrogen-bond donors (Lipinski definition) is 2. The summed E-state index contributed by atoms with van der Waals surface area (Å²) >= 11 is 3.46. The van der Waals surface area contributed by atoms with Gasteiger partial charge < -0.3 is 10.4 Å². The van der Waals surface area contributed by atoms with Crippen molar-refractivity contribution in [2.75, 3.05) is 13.1 Å². The number of nitrogens with one attached hydrogen (secondary N) is 1. The summed E-state index contributed by atoms with van der Waals surface area (Å²) in [6, 6.07) is 7.81. The summed E-state index contributed by atoms with van der Waals surface area (Å²) in [6.45, 7) is 1.29. The molecule has 1 aromatic rings. The van der Waals surface area contributed by atoms with E-state index in [1.807, 2.05) is 24.3 Å². The van der Waals surface area contributed by atoms with Crippen molar-refractivity contribution >= 4 is 21.9 Å². The zero-order valence-corrected chi connectivity index (χ0v) is 9.70. The van der Waals surface area contributed by atoms with E-state index in [0.717, 1.165) is 16.6 Å². The van der Waals surface area contributed by atoms with E-state index in [9.17, 15) is 4.79 Å². The maximum absolute atomic E-state index is 11.0. The van der Waals surface area contributed by atoms with E-state index >= 15 is 0 Å². The summed E-state index contributed by atoms with van der Waals surface area (Å²) in [5.74, 6) is -0.970. The molecule has 1 aliphatic rings. The highest BCUT2D eigenvalue weighted by Crippen LogP contribution is 2.32. The fourth-order valence-electron chi connectivity index (χ4n) is 2.04. The number of carboxylic acid groups (broad SMARTS) is 1. The summed E-state index contributed by atoms with van der Waals surface area (Å²) in [7, 11) is 0. The summed E-state index contributed by atoms with van der Waals surface area (Å²) in [6.07, 6.45) is 0.